The van der Waals surface area contributed by atoms with Crippen molar-refractivity contribution in [1.82, 2.24) is 5.32 Å². The third-order valence-electron chi connectivity index (χ3n) is 2.97. The summed E-state index contributed by atoms with van der Waals surface area (Å²) in [6.07, 6.45) is 1.61. The minimum atomic E-state index is -0.109. The first-order valence-corrected chi connectivity index (χ1v) is 7.12. The van der Waals surface area contributed by atoms with E-state index in [4.69, 9.17) is 4.74 Å². The topological polar surface area (TPSA) is 41.5 Å². The molecule has 1 aliphatic rings. The Kier molecular flexibility index (Phi) is 4.47. The van der Waals surface area contributed by atoms with E-state index in [-0.39, 0.29) is 6.10 Å². The molecule has 1 aromatic carbocycles. The molecule has 0 amide bonds. The van der Waals surface area contributed by atoms with Gasteiger partial charge < -0.3 is 15.2 Å². The standard InChI is InChI=1S/C12H15Br2NO2/c1-17-12-10(13)2-7(3-11(12)14)6-15-8-4-9(16)5-8/h2-3,8-9,15-16H,4-6H2,1H3. The third kappa shape index (κ3) is 3.22. The number of aliphatic hydroxyl groups is 1. The fraction of sp³-hybridized carbons (Fsp3) is 0.500. The Morgan fingerprint density at radius 2 is 1.94 bits per heavy atom. The van der Waals surface area contributed by atoms with Crippen LogP contribution >= 0.6 is 31.9 Å². The second-order valence-corrected chi connectivity index (χ2v) is 6.00. The number of methoxy groups -OCH3 is 1. The molecule has 1 saturated carbocycles. The molecule has 1 aliphatic carbocycles. The maximum Gasteiger partial charge on any atom is 0.147 e. The summed E-state index contributed by atoms with van der Waals surface area (Å²) < 4.78 is 7.14. The van der Waals surface area contributed by atoms with Gasteiger partial charge in [-0.1, -0.05) is 0 Å². The predicted octanol–water partition coefficient (Wildman–Crippen LogP) is 2.83. The fourth-order valence-corrected chi connectivity index (χ4v) is 3.53. The molecule has 0 bridgehead atoms. The summed E-state index contributed by atoms with van der Waals surface area (Å²) in [6, 6.07) is 4.54. The van der Waals surface area contributed by atoms with Crippen molar-refractivity contribution in [3.05, 3.63) is 26.6 Å². The van der Waals surface area contributed by atoms with Crippen LogP contribution in [0.2, 0.25) is 0 Å². The summed E-state index contributed by atoms with van der Waals surface area (Å²) >= 11 is 6.97. The number of benzene rings is 1. The van der Waals surface area contributed by atoms with Gasteiger partial charge in [-0.25, -0.2) is 0 Å². The number of nitrogens with one attached hydrogen (secondary N) is 1. The summed E-state index contributed by atoms with van der Waals surface area (Å²) in [7, 11) is 1.65. The van der Waals surface area contributed by atoms with Crippen molar-refractivity contribution in [1.29, 1.82) is 0 Å². The molecule has 3 nitrogen and oxygen atoms in total. The van der Waals surface area contributed by atoms with Gasteiger partial charge >= 0.3 is 0 Å². The van der Waals surface area contributed by atoms with Gasteiger partial charge in [-0.2, -0.15) is 0 Å². The van der Waals surface area contributed by atoms with Crippen molar-refractivity contribution in [3.63, 3.8) is 0 Å². The quantitative estimate of drug-likeness (QED) is 0.863. The molecule has 5 heteroatoms. The SMILES string of the molecule is COc1c(Br)cc(CNC2CC(O)C2)cc1Br. The molecule has 2 N–H and O–H groups in total. The normalized spacial score (nSPS) is 23.3. The Morgan fingerprint density at radius 3 is 2.41 bits per heavy atom. The van der Waals surface area contributed by atoms with Crippen LogP contribution in [0, 0.1) is 0 Å². The van der Waals surface area contributed by atoms with Crippen molar-refractivity contribution < 1.29 is 9.84 Å². The van der Waals surface area contributed by atoms with Crippen molar-refractivity contribution in [2.75, 3.05) is 7.11 Å². The van der Waals surface area contributed by atoms with Gasteiger partial charge in [0.2, 0.25) is 0 Å². The monoisotopic (exact) mass is 363 g/mol. The van der Waals surface area contributed by atoms with Crippen LogP contribution in [0.15, 0.2) is 21.1 Å². The number of hydrogen-bond acceptors (Lipinski definition) is 3. The molecule has 2 rings (SSSR count). The van der Waals surface area contributed by atoms with E-state index in [2.05, 4.69) is 37.2 Å². The van der Waals surface area contributed by atoms with E-state index >= 15 is 0 Å². The van der Waals surface area contributed by atoms with E-state index in [0.29, 0.717) is 6.04 Å². The van der Waals surface area contributed by atoms with Crippen LogP contribution in [0.3, 0.4) is 0 Å². The van der Waals surface area contributed by atoms with Gasteiger partial charge in [0.05, 0.1) is 22.2 Å². The third-order valence-corrected chi connectivity index (χ3v) is 4.15. The lowest BCUT2D eigenvalue weighted by Crippen LogP contribution is -2.43. The second-order valence-electron chi connectivity index (χ2n) is 4.30. The molecule has 0 saturated heterocycles. The van der Waals surface area contributed by atoms with E-state index in [9.17, 15) is 5.11 Å². The molecule has 17 heavy (non-hydrogen) atoms. The van der Waals surface area contributed by atoms with Crippen LogP contribution in [0.4, 0.5) is 0 Å². The van der Waals surface area contributed by atoms with Crippen LogP contribution in [0.1, 0.15) is 18.4 Å². The van der Waals surface area contributed by atoms with Crippen molar-refractivity contribution in [2.45, 2.75) is 31.5 Å². The van der Waals surface area contributed by atoms with Gasteiger partial charge in [-0.05, 0) is 62.4 Å². The summed E-state index contributed by atoms with van der Waals surface area (Å²) in [6.45, 7) is 0.804. The highest BCUT2D eigenvalue weighted by Gasteiger charge is 2.26. The van der Waals surface area contributed by atoms with Crippen molar-refractivity contribution >= 4 is 31.9 Å². The molecule has 0 aliphatic heterocycles. The Hall–Kier alpha value is -0.100. The van der Waals surface area contributed by atoms with E-state index in [1.165, 1.54) is 5.56 Å². The molecule has 1 aromatic rings. The molecular weight excluding hydrogens is 350 g/mol. The lowest BCUT2D eigenvalue weighted by molar-refractivity contribution is 0.0619. The molecule has 0 atom stereocenters. The molecule has 0 radical (unpaired) electrons. The first kappa shape index (κ1) is 13.3. The minimum Gasteiger partial charge on any atom is -0.494 e. The fourth-order valence-electron chi connectivity index (χ4n) is 1.93. The van der Waals surface area contributed by atoms with Gasteiger partial charge in [-0.3, -0.25) is 0 Å². The number of halogens is 2. The molecule has 0 aromatic heterocycles. The van der Waals surface area contributed by atoms with E-state index in [0.717, 1.165) is 34.1 Å². The first-order chi connectivity index (χ1) is 8.10. The van der Waals surface area contributed by atoms with Gasteiger partial charge in [-0.15, -0.1) is 0 Å². The average Bonchev–Trinajstić information content (AvgIpc) is 2.22. The van der Waals surface area contributed by atoms with Crippen LogP contribution in [-0.2, 0) is 6.54 Å². The van der Waals surface area contributed by atoms with Gasteiger partial charge in [0.25, 0.3) is 0 Å². The summed E-state index contributed by atoms with van der Waals surface area (Å²) in [5.41, 5.74) is 1.19. The summed E-state index contributed by atoms with van der Waals surface area (Å²) in [4.78, 5) is 0. The second kappa shape index (κ2) is 5.69. The molecule has 0 spiro atoms. The Labute approximate surface area is 118 Å². The lowest BCUT2D eigenvalue weighted by atomic mass is 9.89. The molecule has 0 heterocycles. The highest BCUT2D eigenvalue weighted by atomic mass is 79.9. The van der Waals surface area contributed by atoms with E-state index in [1.807, 2.05) is 12.1 Å². The Bertz CT molecular complexity index is 382. The first-order valence-electron chi connectivity index (χ1n) is 5.53. The number of rotatable bonds is 4. The molecule has 1 fully saturated rings. The zero-order chi connectivity index (χ0) is 12.4. The van der Waals surface area contributed by atoms with E-state index < -0.39 is 0 Å². The maximum atomic E-state index is 9.20. The number of ether oxygens (including phenoxy) is 1. The number of hydrogen-bond donors (Lipinski definition) is 2. The zero-order valence-corrected chi connectivity index (χ0v) is 12.7. The highest BCUT2D eigenvalue weighted by Crippen LogP contribution is 2.34. The van der Waals surface area contributed by atoms with Gasteiger partial charge in [0.15, 0.2) is 0 Å². The summed E-state index contributed by atoms with van der Waals surface area (Å²) in [5, 5.41) is 12.6. The highest BCUT2D eigenvalue weighted by molar-refractivity contribution is 9.11. The Morgan fingerprint density at radius 1 is 1.35 bits per heavy atom. The summed E-state index contributed by atoms with van der Waals surface area (Å²) in [5.74, 6) is 0.813. The van der Waals surface area contributed by atoms with Crippen molar-refractivity contribution in [3.8, 4) is 5.75 Å². The Balaban J connectivity index is 1.97. The van der Waals surface area contributed by atoms with Crippen LogP contribution in [-0.4, -0.2) is 24.4 Å². The predicted molar refractivity (Wildman–Crippen MR) is 74.3 cm³/mol. The van der Waals surface area contributed by atoms with Crippen molar-refractivity contribution in [2.24, 2.45) is 0 Å². The van der Waals surface area contributed by atoms with Crippen LogP contribution in [0.5, 0.6) is 5.75 Å². The van der Waals surface area contributed by atoms with Crippen LogP contribution in [0.25, 0.3) is 0 Å². The lowest BCUT2D eigenvalue weighted by Gasteiger charge is -2.32. The number of aliphatic hydroxyl groups excluding tert-OH is 1. The largest absolute Gasteiger partial charge is 0.494 e. The minimum absolute atomic E-state index is 0.109. The molecule has 0 unspecified atom stereocenters. The van der Waals surface area contributed by atoms with Gasteiger partial charge in [0, 0.05) is 12.6 Å². The van der Waals surface area contributed by atoms with Crippen LogP contribution < -0.4 is 10.1 Å². The maximum absolute atomic E-state index is 9.20. The average molecular weight is 365 g/mol. The smallest absolute Gasteiger partial charge is 0.147 e. The zero-order valence-electron chi connectivity index (χ0n) is 9.54. The van der Waals surface area contributed by atoms with E-state index in [1.54, 1.807) is 7.11 Å². The van der Waals surface area contributed by atoms with Gasteiger partial charge in [0.1, 0.15) is 5.75 Å². The molecular formula is C12H15Br2NO2. The molecule has 94 valence electrons.